The molecule has 8 heteroatoms. The Morgan fingerprint density at radius 3 is 2.23 bits per heavy atom. The van der Waals surface area contributed by atoms with Crippen LogP contribution in [0.5, 0.6) is 5.75 Å². The van der Waals surface area contributed by atoms with E-state index >= 15 is 0 Å². The molecular formula is C32H38ClN3O4. The van der Waals surface area contributed by atoms with Gasteiger partial charge in [0.25, 0.3) is 5.91 Å². The minimum atomic E-state index is -0.541. The standard InChI is InChI=1S/C32H38ClN3O4/c1-2-3-4-5-6-7-8-9-10-15-30(37)34-23-31(38)36-35-22-28-27-14-12-11-13-24(27)18-21-29(28)40-32(39)25-16-19-26(33)20-17-25/h11-14,16-22H,2-10,15,23H2,1H3,(H,34,37)(H,36,38). The molecule has 0 saturated carbocycles. The second kappa shape index (κ2) is 17.1. The number of benzene rings is 3. The Morgan fingerprint density at radius 2 is 1.50 bits per heavy atom. The van der Waals surface area contributed by atoms with E-state index in [2.05, 4.69) is 22.8 Å². The number of carbonyl (C=O) groups excluding carboxylic acids is 3. The Kier molecular flexibility index (Phi) is 13.2. The average Bonchev–Trinajstić information content (AvgIpc) is 2.96. The lowest BCUT2D eigenvalue weighted by atomic mass is 10.0. The first-order valence-corrected chi connectivity index (χ1v) is 14.4. The molecular weight excluding hydrogens is 526 g/mol. The van der Waals surface area contributed by atoms with E-state index in [0.29, 0.717) is 28.3 Å². The molecule has 0 saturated heterocycles. The van der Waals surface area contributed by atoms with Crippen molar-refractivity contribution >= 4 is 46.4 Å². The van der Waals surface area contributed by atoms with Gasteiger partial charge in [0, 0.05) is 17.0 Å². The fourth-order valence-electron chi connectivity index (χ4n) is 4.31. The van der Waals surface area contributed by atoms with Gasteiger partial charge in [-0.25, -0.2) is 10.2 Å². The van der Waals surface area contributed by atoms with Crippen LogP contribution in [0.25, 0.3) is 10.8 Å². The van der Waals surface area contributed by atoms with Crippen molar-refractivity contribution in [1.82, 2.24) is 10.7 Å². The largest absolute Gasteiger partial charge is 0.422 e. The monoisotopic (exact) mass is 563 g/mol. The number of hydrogen-bond donors (Lipinski definition) is 2. The number of ether oxygens (including phenoxy) is 1. The molecule has 0 unspecified atom stereocenters. The van der Waals surface area contributed by atoms with Gasteiger partial charge in [0.1, 0.15) is 5.75 Å². The molecule has 0 aliphatic carbocycles. The van der Waals surface area contributed by atoms with Gasteiger partial charge in [-0.2, -0.15) is 5.10 Å². The van der Waals surface area contributed by atoms with Crippen molar-refractivity contribution in [3.63, 3.8) is 0 Å². The van der Waals surface area contributed by atoms with Gasteiger partial charge < -0.3 is 10.1 Å². The molecule has 2 N–H and O–H groups in total. The van der Waals surface area contributed by atoms with Crippen LogP contribution in [0.1, 0.15) is 87.1 Å². The zero-order valence-corrected chi connectivity index (χ0v) is 23.8. The first kappa shape index (κ1) is 30.8. The molecule has 0 aliphatic rings. The highest BCUT2D eigenvalue weighted by atomic mass is 35.5. The van der Waals surface area contributed by atoms with E-state index in [4.69, 9.17) is 16.3 Å². The highest BCUT2D eigenvalue weighted by Crippen LogP contribution is 2.27. The zero-order chi connectivity index (χ0) is 28.6. The lowest BCUT2D eigenvalue weighted by Gasteiger charge is -2.11. The van der Waals surface area contributed by atoms with Crippen molar-refractivity contribution < 1.29 is 19.1 Å². The number of fused-ring (bicyclic) bond motifs is 1. The highest BCUT2D eigenvalue weighted by molar-refractivity contribution is 6.30. The Labute approximate surface area is 241 Å². The van der Waals surface area contributed by atoms with Crippen molar-refractivity contribution in [2.24, 2.45) is 5.10 Å². The first-order valence-electron chi connectivity index (χ1n) is 14.1. The first-order chi connectivity index (χ1) is 19.5. The molecule has 0 radical (unpaired) electrons. The molecule has 0 atom stereocenters. The summed E-state index contributed by atoms with van der Waals surface area (Å²) in [7, 11) is 0. The number of carbonyl (C=O) groups is 3. The van der Waals surface area contributed by atoms with E-state index in [9.17, 15) is 14.4 Å². The molecule has 3 aromatic rings. The summed E-state index contributed by atoms with van der Waals surface area (Å²) in [6, 6.07) is 17.5. The maximum absolute atomic E-state index is 12.7. The van der Waals surface area contributed by atoms with Crippen molar-refractivity contribution in [1.29, 1.82) is 0 Å². The minimum Gasteiger partial charge on any atom is -0.422 e. The number of rotatable bonds is 16. The molecule has 2 amide bonds. The predicted octanol–water partition coefficient (Wildman–Crippen LogP) is 7.20. The summed E-state index contributed by atoms with van der Waals surface area (Å²) in [6.07, 6.45) is 12.5. The van der Waals surface area contributed by atoms with E-state index in [0.717, 1.165) is 30.0 Å². The van der Waals surface area contributed by atoms with Crippen LogP contribution >= 0.6 is 11.6 Å². The third-order valence-electron chi connectivity index (χ3n) is 6.55. The third-order valence-corrected chi connectivity index (χ3v) is 6.80. The summed E-state index contributed by atoms with van der Waals surface area (Å²) in [5, 5.41) is 8.94. The van der Waals surface area contributed by atoms with Crippen LogP contribution in [-0.4, -0.2) is 30.5 Å². The zero-order valence-electron chi connectivity index (χ0n) is 23.1. The summed E-state index contributed by atoms with van der Waals surface area (Å²) >= 11 is 5.92. The maximum atomic E-state index is 12.7. The fraction of sp³-hybridized carbons (Fsp3) is 0.375. The molecule has 7 nitrogen and oxygen atoms in total. The molecule has 0 heterocycles. The van der Waals surface area contributed by atoms with Gasteiger partial charge in [0.2, 0.25) is 5.91 Å². The van der Waals surface area contributed by atoms with Gasteiger partial charge in [-0.15, -0.1) is 0 Å². The van der Waals surface area contributed by atoms with Crippen LogP contribution in [0, 0.1) is 0 Å². The van der Waals surface area contributed by atoms with E-state index in [-0.39, 0.29) is 12.5 Å². The number of halogens is 1. The van der Waals surface area contributed by atoms with Crippen molar-refractivity contribution in [3.05, 3.63) is 76.8 Å². The summed E-state index contributed by atoms with van der Waals surface area (Å²) in [5.41, 5.74) is 3.33. The SMILES string of the molecule is CCCCCCCCCCCC(=O)NCC(=O)NN=Cc1c(OC(=O)c2ccc(Cl)cc2)ccc2ccccc12. The van der Waals surface area contributed by atoms with Gasteiger partial charge in [-0.1, -0.05) is 100 Å². The van der Waals surface area contributed by atoms with Gasteiger partial charge in [-0.3, -0.25) is 9.59 Å². The smallest absolute Gasteiger partial charge is 0.343 e. The third kappa shape index (κ3) is 10.5. The van der Waals surface area contributed by atoms with Gasteiger partial charge in [0.05, 0.1) is 18.3 Å². The van der Waals surface area contributed by atoms with E-state index in [1.54, 1.807) is 30.3 Å². The predicted molar refractivity (Wildman–Crippen MR) is 161 cm³/mol. The fourth-order valence-corrected chi connectivity index (χ4v) is 4.44. The maximum Gasteiger partial charge on any atom is 0.343 e. The Bertz CT molecular complexity index is 1290. The summed E-state index contributed by atoms with van der Waals surface area (Å²) in [6.45, 7) is 2.05. The van der Waals surface area contributed by atoms with Crippen molar-refractivity contribution in [2.45, 2.75) is 71.1 Å². The van der Waals surface area contributed by atoms with E-state index in [1.165, 1.54) is 44.7 Å². The van der Waals surface area contributed by atoms with E-state index < -0.39 is 11.9 Å². The molecule has 0 aromatic heterocycles. The topological polar surface area (TPSA) is 96.9 Å². The molecule has 0 bridgehead atoms. The Balaban J connectivity index is 1.48. The second-order valence-corrected chi connectivity index (χ2v) is 10.2. The number of esters is 1. The molecule has 3 aromatic carbocycles. The number of nitrogens with one attached hydrogen (secondary N) is 2. The van der Waals surface area contributed by atoms with Gasteiger partial charge >= 0.3 is 5.97 Å². The van der Waals surface area contributed by atoms with Gasteiger partial charge in [-0.05, 0) is 47.5 Å². The average molecular weight is 564 g/mol. The molecule has 0 fully saturated rings. The number of hydrogen-bond acceptors (Lipinski definition) is 5. The summed E-state index contributed by atoms with van der Waals surface area (Å²) in [5.74, 6) is -0.838. The lowest BCUT2D eigenvalue weighted by Crippen LogP contribution is -2.34. The molecule has 0 aliphatic heterocycles. The normalized spacial score (nSPS) is 11.1. The Hall–Kier alpha value is -3.71. The molecule has 3 rings (SSSR count). The summed E-state index contributed by atoms with van der Waals surface area (Å²) in [4.78, 5) is 37.1. The number of amides is 2. The number of nitrogens with zero attached hydrogens (tertiary/aromatic N) is 1. The van der Waals surface area contributed by atoms with Crippen LogP contribution in [-0.2, 0) is 9.59 Å². The minimum absolute atomic E-state index is 0.146. The van der Waals surface area contributed by atoms with Crippen LogP contribution in [0.2, 0.25) is 5.02 Å². The van der Waals surface area contributed by atoms with Gasteiger partial charge in [0.15, 0.2) is 0 Å². The Morgan fingerprint density at radius 1 is 0.825 bits per heavy atom. The summed E-state index contributed by atoms with van der Waals surface area (Å²) < 4.78 is 5.66. The highest BCUT2D eigenvalue weighted by Gasteiger charge is 2.14. The van der Waals surface area contributed by atoms with E-state index in [1.807, 2.05) is 30.3 Å². The van der Waals surface area contributed by atoms with Crippen LogP contribution in [0.15, 0.2) is 65.8 Å². The molecule has 212 valence electrons. The van der Waals surface area contributed by atoms with Crippen molar-refractivity contribution in [3.8, 4) is 5.75 Å². The molecule has 0 spiro atoms. The lowest BCUT2D eigenvalue weighted by molar-refractivity contribution is -0.126. The van der Waals surface area contributed by atoms with Crippen LogP contribution in [0.3, 0.4) is 0 Å². The molecule has 40 heavy (non-hydrogen) atoms. The van der Waals surface area contributed by atoms with Crippen molar-refractivity contribution in [2.75, 3.05) is 6.54 Å². The number of hydrazone groups is 1. The number of unbranched alkanes of at least 4 members (excludes halogenated alkanes) is 8. The van der Waals surface area contributed by atoms with Crippen LogP contribution < -0.4 is 15.5 Å². The van der Waals surface area contributed by atoms with Crippen LogP contribution in [0.4, 0.5) is 0 Å². The quantitative estimate of drug-likeness (QED) is 0.0633. The second-order valence-electron chi connectivity index (χ2n) is 9.74.